The maximum absolute atomic E-state index is 12.7. The molecule has 0 aromatic heterocycles. The lowest BCUT2D eigenvalue weighted by molar-refractivity contribution is 0.318. The molecule has 1 saturated heterocycles. The molecule has 116 valence electrons. The van der Waals surface area contributed by atoms with Gasteiger partial charge in [-0.3, -0.25) is 0 Å². The topological polar surface area (TPSA) is 46.6 Å². The number of alkyl halides is 1. The third kappa shape index (κ3) is 3.05. The molecule has 1 aromatic carbocycles. The number of hydrogen-bond donors (Lipinski definition) is 0. The van der Waals surface area contributed by atoms with E-state index in [1.165, 1.54) is 6.42 Å². The van der Waals surface area contributed by atoms with Gasteiger partial charge in [-0.2, -0.15) is 4.31 Å². The minimum Gasteiger partial charge on any atom is -0.494 e. The van der Waals surface area contributed by atoms with E-state index in [4.69, 9.17) is 16.3 Å². The van der Waals surface area contributed by atoms with E-state index in [2.05, 4.69) is 0 Å². The van der Waals surface area contributed by atoms with Gasteiger partial charge in [0.25, 0.3) is 0 Å². The van der Waals surface area contributed by atoms with E-state index in [9.17, 15) is 8.42 Å². The highest BCUT2D eigenvalue weighted by atomic mass is 35.5. The number of fused-ring (bicyclic) bond motifs is 2. The number of ether oxygens (including phenoxy) is 1. The molecule has 0 radical (unpaired) electrons. The van der Waals surface area contributed by atoms with Crippen molar-refractivity contribution in [2.45, 2.75) is 36.6 Å². The summed E-state index contributed by atoms with van der Waals surface area (Å²) in [4.78, 5) is 0.361. The molecule has 2 aliphatic rings. The molecule has 1 aliphatic heterocycles. The molecule has 2 bridgehead atoms. The fraction of sp³-hybridized carbons (Fsp3) is 0.600. The smallest absolute Gasteiger partial charge is 0.243 e. The van der Waals surface area contributed by atoms with Gasteiger partial charge in [0.15, 0.2) is 0 Å². The van der Waals surface area contributed by atoms with E-state index < -0.39 is 10.0 Å². The predicted molar refractivity (Wildman–Crippen MR) is 82.3 cm³/mol. The minimum atomic E-state index is -3.35. The van der Waals surface area contributed by atoms with Crippen LogP contribution in [-0.2, 0) is 10.0 Å². The first-order valence-electron chi connectivity index (χ1n) is 7.42. The van der Waals surface area contributed by atoms with Gasteiger partial charge in [0.2, 0.25) is 10.0 Å². The van der Waals surface area contributed by atoms with E-state index in [1.807, 2.05) is 0 Å². The zero-order chi connectivity index (χ0) is 14.9. The molecule has 21 heavy (non-hydrogen) atoms. The summed E-state index contributed by atoms with van der Waals surface area (Å²) in [7, 11) is -3.35. The first-order chi connectivity index (χ1) is 10.1. The summed E-state index contributed by atoms with van der Waals surface area (Å²) in [5.41, 5.74) is 0. The van der Waals surface area contributed by atoms with Crippen molar-refractivity contribution < 1.29 is 13.2 Å². The van der Waals surface area contributed by atoms with E-state index in [0.29, 0.717) is 35.6 Å². The summed E-state index contributed by atoms with van der Waals surface area (Å²) in [6.45, 7) is 1.23. The Morgan fingerprint density at radius 2 is 2.00 bits per heavy atom. The number of rotatable bonds is 6. The van der Waals surface area contributed by atoms with E-state index in [-0.39, 0.29) is 6.04 Å². The van der Waals surface area contributed by atoms with Crippen molar-refractivity contribution in [1.82, 2.24) is 4.31 Å². The molecule has 0 N–H and O–H groups in total. The van der Waals surface area contributed by atoms with Crippen LogP contribution in [-0.4, -0.2) is 37.8 Å². The molecule has 0 spiro atoms. The zero-order valence-corrected chi connectivity index (χ0v) is 13.4. The van der Waals surface area contributed by atoms with E-state index in [0.717, 1.165) is 19.3 Å². The molecular weight excluding hydrogens is 310 g/mol. The van der Waals surface area contributed by atoms with Crippen molar-refractivity contribution in [3.63, 3.8) is 0 Å². The first kappa shape index (κ1) is 15.1. The highest BCUT2D eigenvalue weighted by molar-refractivity contribution is 7.89. The van der Waals surface area contributed by atoms with Gasteiger partial charge in [0, 0.05) is 18.5 Å². The Labute approximate surface area is 131 Å². The van der Waals surface area contributed by atoms with Crippen molar-refractivity contribution in [3.05, 3.63) is 24.3 Å². The number of nitrogens with zero attached hydrogens (tertiary/aromatic N) is 1. The normalized spacial score (nSPS) is 25.4. The quantitative estimate of drug-likeness (QED) is 0.595. The second-order valence-corrected chi connectivity index (χ2v) is 8.04. The van der Waals surface area contributed by atoms with Crippen molar-refractivity contribution >= 4 is 21.6 Å². The molecule has 1 aromatic rings. The maximum atomic E-state index is 12.7. The Morgan fingerprint density at radius 3 is 2.57 bits per heavy atom. The lowest BCUT2D eigenvalue weighted by Gasteiger charge is -2.26. The largest absolute Gasteiger partial charge is 0.494 e. The van der Waals surface area contributed by atoms with Gasteiger partial charge in [0.1, 0.15) is 5.75 Å². The summed E-state index contributed by atoms with van der Waals surface area (Å²) < 4.78 is 32.5. The second kappa shape index (κ2) is 6.15. The van der Waals surface area contributed by atoms with Gasteiger partial charge in [-0.05, 0) is 55.9 Å². The van der Waals surface area contributed by atoms with Crippen LogP contribution in [0.25, 0.3) is 0 Å². The Morgan fingerprint density at radius 1 is 1.24 bits per heavy atom. The molecule has 2 unspecified atom stereocenters. The Balaban J connectivity index is 1.71. The molecule has 3 rings (SSSR count). The molecule has 1 heterocycles. The van der Waals surface area contributed by atoms with Crippen molar-refractivity contribution in [3.8, 4) is 5.75 Å². The van der Waals surface area contributed by atoms with Gasteiger partial charge in [0.05, 0.1) is 11.5 Å². The van der Waals surface area contributed by atoms with Crippen molar-refractivity contribution in [1.29, 1.82) is 0 Å². The van der Waals surface area contributed by atoms with Gasteiger partial charge >= 0.3 is 0 Å². The molecule has 1 aliphatic carbocycles. The summed E-state index contributed by atoms with van der Waals surface area (Å²) in [5.74, 6) is 1.80. The average Bonchev–Trinajstić information content (AvgIpc) is 3.11. The molecule has 2 atom stereocenters. The Kier molecular flexibility index (Phi) is 4.43. The third-order valence-electron chi connectivity index (χ3n) is 4.34. The lowest BCUT2D eigenvalue weighted by atomic mass is 10.1. The van der Waals surface area contributed by atoms with Crippen LogP contribution in [0.2, 0.25) is 0 Å². The number of piperidine rings is 1. The number of sulfonamides is 1. The molecule has 4 nitrogen and oxygen atoms in total. The molecular formula is C15H20ClNO3S. The van der Waals surface area contributed by atoms with Crippen LogP contribution >= 0.6 is 11.6 Å². The monoisotopic (exact) mass is 329 g/mol. The third-order valence-corrected chi connectivity index (χ3v) is 6.54. The molecule has 2 fully saturated rings. The van der Waals surface area contributed by atoms with E-state index in [1.54, 1.807) is 28.6 Å². The summed E-state index contributed by atoms with van der Waals surface area (Å²) in [5, 5.41) is 0. The zero-order valence-electron chi connectivity index (χ0n) is 11.9. The number of hydrogen-bond acceptors (Lipinski definition) is 3. The van der Waals surface area contributed by atoms with E-state index >= 15 is 0 Å². The van der Waals surface area contributed by atoms with Gasteiger partial charge < -0.3 is 4.74 Å². The SMILES string of the molecule is O=S(=O)(c1ccc(OCCCCl)cc1)N1CC2CCC1C2. The first-order valence-corrected chi connectivity index (χ1v) is 9.39. The van der Waals surface area contributed by atoms with Crippen LogP contribution in [0.1, 0.15) is 25.7 Å². The van der Waals surface area contributed by atoms with Crippen LogP contribution in [0.4, 0.5) is 0 Å². The Bertz CT molecular complexity index is 587. The predicted octanol–water partition coefficient (Wildman–Crippen LogP) is 2.87. The average molecular weight is 330 g/mol. The van der Waals surface area contributed by atoms with Gasteiger partial charge in [-0.1, -0.05) is 0 Å². The molecule has 0 amide bonds. The summed E-state index contributed by atoms with van der Waals surface area (Å²) in [6.07, 6.45) is 3.98. The molecule has 6 heteroatoms. The van der Waals surface area contributed by atoms with Crippen LogP contribution in [0, 0.1) is 5.92 Å². The highest BCUT2D eigenvalue weighted by Gasteiger charge is 2.44. The van der Waals surface area contributed by atoms with Crippen LogP contribution in [0.15, 0.2) is 29.2 Å². The van der Waals surface area contributed by atoms with Crippen molar-refractivity contribution in [2.24, 2.45) is 5.92 Å². The van der Waals surface area contributed by atoms with Crippen LogP contribution in [0.5, 0.6) is 5.75 Å². The number of halogens is 1. The van der Waals surface area contributed by atoms with Gasteiger partial charge in [-0.15, -0.1) is 11.6 Å². The fourth-order valence-corrected chi connectivity index (χ4v) is 5.11. The van der Waals surface area contributed by atoms with Crippen molar-refractivity contribution in [2.75, 3.05) is 19.0 Å². The van der Waals surface area contributed by atoms with Gasteiger partial charge in [-0.25, -0.2) is 8.42 Å². The fourth-order valence-electron chi connectivity index (χ4n) is 3.26. The van der Waals surface area contributed by atoms with Crippen LogP contribution < -0.4 is 4.74 Å². The number of benzene rings is 1. The highest BCUT2D eigenvalue weighted by Crippen LogP contribution is 2.40. The lowest BCUT2D eigenvalue weighted by Crippen LogP contribution is -2.37. The Hall–Kier alpha value is -0.780. The standard InChI is InChI=1S/C15H20ClNO3S/c16-8-1-9-20-14-4-6-15(7-5-14)21(18,19)17-11-12-2-3-13(17)10-12/h4-7,12-13H,1-3,8-11H2. The minimum absolute atomic E-state index is 0.208. The van der Waals surface area contributed by atoms with Crippen LogP contribution in [0.3, 0.4) is 0 Å². The second-order valence-electron chi connectivity index (χ2n) is 5.77. The maximum Gasteiger partial charge on any atom is 0.243 e. The summed E-state index contributed by atoms with van der Waals surface area (Å²) in [6, 6.07) is 6.92. The molecule has 1 saturated carbocycles. The summed E-state index contributed by atoms with van der Waals surface area (Å²) >= 11 is 5.59.